The van der Waals surface area contributed by atoms with Crippen LogP contribution in [0.3, 0.4) is 0 Å². The third kappa shape index (κ3) is 4.89. The van der Waals surface area contributed by atoms with Gasteiger partial charge in [-0.25, -0.2) is 4.79 Å². The van der Waals surface area contributed by atoms with Crippen molar-refractivity contribution in [1.29, 1.82) is 0 Å². The first-order valence-corrected chi connectivity index (χ1v) is 9.02. The van der Waals surface area contributed by atoms with E-state index < -0.39 is 5.63 Å². The topological polar surface area (TPSA) is 68.5 Å². The Balaban J connectivity index is 1.64. The Morgan fingerprint density at radius 2 is 2.00 bits per heavy atom. The summed E-state index contributed by atoms with van der Waals surface area (Å²) in [5, 5.41) is 4.26. The fourth-order valence-electron chi connectivity index (χ4n) is 2.78. The average molecular weight is 386 g/mol. The number of amides is 1. The maximum Gasteiger partial charge on any atom is 0.336 e. The zero-order valence-corrected chi connectivity index (χ0v) is 15.9. The van der Waals surface area contributed by atoms with Crippen molar-refractivity contribution in [2.75, 3.05) is 6.61 Å². The molecular weight excluding hydrogens is 366 g/mol. The van der Waals surface area contributed by atoms with E-state index in [2.05, 4.69) is 5.32 Å². The molecule has 0 spiro atoms. The molecule has 2 aromatic carbocycles. The van der Waals surface area contributed by atoms with Crippen molar-refractivity contribution >= 4 is 28.5 Å². The van der Waals surface area contributed by atoms with Crippen molar-refractivity contribution in [2.45, 2.75) is 26.3 Å². The molecule has 1 heterocycles. The van der Waals surface area contributed by atoms with E-state index in [1.165, 1.54) is 6.07 Å². The van der Waals surface area contributed by atoms with E-state index in [0.29, 0.717) is 22.9 Å². The molecule has 5 nitrogen and oxygen atoms in total. The Hall–Kier alpha value is -2.79. The summed E-state index contributed by atoms with van der Waals surface area (Å²) in [6, 6.07) is 14.0. The Morgan fingerprint density at radius 1 is 1.19 bits per heavy atom. The first-order valence-electron chi connectivity index (χ1n) is 8.64. The number of carbonyl (C=O) groups excluding carboxylic acids is 1. The molecule has 0 fully saturated rings. The molecule has 140 valence electrons. The molecule has 1 aromatic heterocycles. The van der Waals surface area contributed by atoms with Gasteiger partial charge in [0.05, 0.1) is 0 Å². The number of hydrogen-bond donors (Lipinski definition) is 1. The van der Waals surface area contributed by atoms with Crippen LogP contribution < -0.4 is 15.7 Å². The highest BCUT2D eigenvalue weighted by molar-refractivity contribution is 6.30. The van der Waals surface area contributed by atoms with E-state index in [1.807, 2.05) is 32.0 Å². The van der Waals surface area contributed by atoms with E-state index >= 15 is 0 Å². The van der Waals surface area contributed by atoms with Crippen LogP contribution in [0.2, 0.25) is 5.02 Å². The highest BCUT2D eigenvalue weighted by Gasteiger charge is 2.11. The fourth-order valence-corrected chi connectivity index (χ4v) is 3.00. The fraction of sp³-hybridized carbons (Fsp3) is 0.238. The summed E-state index contributed by atoms with van der Waals surface area (Å²) in [7, 11) is 0. The average Bonchev–Trinajstić information content (AvgIpc) is 2.63. The summed E-state index contributed by atoms with van der Waals surface area (Å²) < 4.78 is 10.8. The molecule has 3 rings (SSSR count). The van der Waals surface area contributed by atoms with Gasteiger partial charge in [-0.1, -0.05) is 37.6 Å². The molecule has 0 unspecified atom stereocenters. The highest BCUT2D eigenvalue weighted by Crippen LogP contribution is 2.26. The van der Waals surface area contributed by atoms with Crippen molar-refractivity contribution in [3.8, 4) is 5.75 Å². The lowest BCUT2D eigenvalue weighted by Crippen LogP contribution is -2.28. The number of hydrogen-bond acceptors (Lipinski definition) is 4. The molecular formula is C21H20ClNO4. The molecule has 3 aromatic rings. The number of rotatable bonds is 6. The largest absolute Gasteiger partial charge is 0.484 e. The normalized spacial score (nSPS) is 11.0. The second kappa shape index (κ2) is 8.27. The number of benzene rings is 2. The number of carbonyl (C=O) groups is 1. The van der Waals surface area contributed by atoms with Crippen LogP contribution >= 0.6 is 11.6 Å². The van der Waals surface area contributed by atoms with Crippen LogP contribution in [0.4, 0.5) is 0 Å². The summed E-state index contributed by atoms with van der Waals surface area (Å²) >= 11 is 5.92. The van der Waals surface area contributed by atoms with Gasteiger partial charge < -0.3 is 14.5 Å². The van der Waals surface area contributed by atoms with Crippen LogP contribution in [0, 0.1) is 0 Å². The lowest BCUT2D eigenvalue weighted by atomic mass is 10.00. The summed E-state index contributed by atoms with van der Waals surface area (Å²) in [6.45, 7) is 4.26. The van der Waals surface area contributed by atoms with Crippen LogP contribution in [0.25, 0.3) is 11.0 Å². The summed E-state index contributed by atoms with van der Waals surface area (Å²) in [4.78, 5) is 23.7. The van der Waals surface area contributed by atoms with Gasteiger partial charge in [-0.05, 0) is 41.3 Å². The van der Waals surface area contributed by atoms with Gasteiger partial charge in [-0.2, -0.15) is 0 Å². The van der Waals surface area contributed by atoms with Gasteiger partial charge in [0.25, 0.3) is 5.91 Å². The van der Waals surface area contributed by atoms with E-state index in [0.717, 1.165) is 16.5 Å². The van der Waals surface area contributed by atoms with Crippen molar-refractivity contribution in [1.82, 2.24) is 5.32 Å². The number of nitrogens with one attached hydrogen (secondary N) is 1. The molecule has 0 bridgehead atoms. The van der Waals surface area contributed by atoms with Crippen molar-refractivity contribution in [2.24, 2.45) is 0 Å². The minimum Gasteiger partial charge on any atom is -0.484 e. The molecule has 6 heteroatoms. The molecule has 0 saturated heterocycles. The molecule has 0 radical (unpaired) electrons. The monoisotopic (exact) mass is 385 g/mol. The smallest absolute Gasteiger partial charge is 0.336 e. The summed E-state index contributed by atoms with van der Waals surface area (Å²) in [5.41, 5.74) is 1.88. The highest BCUT2D eigenvalue weighted by atomic mass is 35.5. The first kappa shape index (κ1) is 19.0. The number of halogens is 1. The van der Waals surface area contributed by atoms with Crippen LogP contribution in [-0.2, 0) is 11.3 Å². The predicted molar refractivity (Wildman–Crippen MR) is 105 cm³/mol. The van der Waals surface area contributed by atoms with E-state index in [-0.39, 0.29) is 18.4 Å². The van der Waals surface area contributed by atoms with Gasteiger partial charge in [0.1, 0.15) is 11.3 Å². The minimum atomic E-state index is -0.400. The first-order chi connectivity index (χ1) is 12.9. The molecule has 0 aliphatic rings. The van der Waals surface area contributed by atoms with Gasteiger partial charge in [-0.15, -0.1) is 0 Å². The second-order valence-electron chi connectivity index (χ2n) is 6.53. The van der Waals surface area contributed by atoms with Crippen LogP contribution in [0.5, 0.6) is 5.75 Å². The second-order valence-corrected chi connectivity index (χ2v) is 6.97. The Labute approximate surface area is 161 Å². The quantitative estimate of drug-likeness (QED) is 0.643. The maximum atomic E-state index is 12.0. The minimum absolute atomic E-state index is 0.139. The van der Waals surface area contributed by atoms with E-state index in [1.54, 1.807) is 24.3 Å². The number of fused-ring (bicyclic) bond motifs is 1. The summed E-state index contributed by atoms with van der Waals surface area (Å²) in [5.74, 6) is 0.401. The van der Waals surface area contributed by atoms with Gasteiger partial charge >= 0.3 is 5.63 Å². The van der Waals surface area contributed by atoms with Crippen molar-refractivity contribution in [3.63, 3.8) is 0 Å². The molecule has 0 saturated carbocycles. The molecule has 0 aliphatic heterocycles. The van der Waals surface area contributed by atoms with Gasteiger partial charge in [0, 0.05) is 29.1 Å². The van der Waals surface area contributed by atoms with Crippen molar-refractivity contribution in [3.05, 3.63) is 75.1 Å². The van der Waals surface area contributed by atoms with Crippen molar-refractivity contribution < 1.29 is 13.9 Å². The number of ether oxygens (including phenoxy) is 1. The Morgan fingerprint density at radius 3 is 2.74 bits per heavy atom. The standard InChI is InChI=1S/C21H20ClNO4/c1-13(2)18-10-21(25)27-19-9-16(6-7-17(18)19)26-12-20(24)23-11-14-4-3-5-15(22)8-14/h3-10,13H,11-12H2,1-2H3,(H,23,24). The Kier molecular flexibility index (Phi) is 5.81. The molecule has 0 aliphatic carbocycles. The summed E-state index contributed by atoms with van der Waals surface area (Å²) in [6.07, 6.45) is 0. The van der Waals surface area contributed by atoms with E-state index in [9.17, 15) is 9.59 Å². The molecule has 1 amide bonds. The molecule has 27 heavy (non-hydrogen) atoms. The zero-order valence-electron chi connectivity index (χ0n) is 15.1. The van der Waals surface area contributed by atoms with Crippen LogP contribution in [0.1, 0.15) is 30.9 Å². The van der Waals surface area contributed by atoms with Crippen LogP contribution in [0.15, 0.2) is 57.7 Å². The van der Waals surface area contributed by atoms with Gasteiger partial charge in [-0.3, -0.25) is 4.79 Å². The van der Waals surface area contributed by atoms with E-state index in [4.69, 9.17) is 20.8 Å². The third-order valence-corrected chi connectivity index (χ3v) is 4.35. The lowest BCUT2D eigenvalue weighted by Gasteiger charge is -2.11. The SMILES string of the molecule is CC(C)c1cc(=O)oc2cc(OCC(=O)NCc3cccc(Cl)c3)ccc12. The van der Waals surface area contributed by atoms with Crippen LogP contribution in [-0.4, -0.2) is 12.5 Å². The predicted octanol–water partition coefficient (Wildman–Crippen LogP) is 4.27. The maximum absolute atomic E-state index is 12.0. The van der Waals surface area contributed by atoms with Gasteiger partial charge in [0.15, 0.2) is 6.61 Å². The zero-order chi connectivity index (χ0) is 19.4. The molecule has 1 N–H and O–H groups in total. The molecule has 0 atom stereocenters. The lowest BCUT2D eigenvalue weighted by molar-refractivity contribution is -0.123. The van der Waals surface area contributed by atoms with Gasteiger partial charge in [0.2, 0.25) is 0 Å². The third-order valence-electron chi connectivity index (χ3n) is 4.12. The Bertz CT molecular complexity index is 1030.